The first-order valence-corrected chi connectivity index (χ1v) is 6.41. The number of nitrogens with zero attached hydrogens (tertiary/aromatic N) is 2. The molecule has 2 rings (SSSR count). The summed E-state index contributed by atoms with van der Waals surface area (Å²) in [6.07, 6.45) is -0.478. The lowest BCUT2D eigenvalue weighted by Crippen LogP contribution is -2.45. The van der Waals surface area contributed by atoms with Crippen LogP contribution in [0.4, 0.5) is 5.69 Å². The molecule has 0 aromatic heterocycles. The number of primary amides is 1. The molecular weight excluding hydrogens is 294 g/mol. The molecular formula is C13H13N3O6. The van der Waals surface area contributed by atoms with Crippen molar-refractivity contribution in [2.24, 2.45) is 5.73 Å². The molecule has 22 heavy (non-hydrogen) atoms. The predicted octanol–water partition coefficient (Wildman–Crippen LogP) is 0.269. The van der Waals surface area contributed by atoms with Crippen LogP contribution in [0.5, 0.6) is 0 Å². The first-order valence-electron chi connectivity index (χ1n) is 6.41. The van der Waals surface area contributed by atoms with Crippen LogP contribution >= 0.6 is 0 Å². The number of carbonyl (C=O) groups is 3. The molecule has 1 aromatic carbocycles. The van der Waals surface area contributed by atoms with Gasteiger partial charge < -0.3 is 15.7 Å². The summed E-state index contributed by atoms with van der Waals surface area (Å²) in [5.74, 6) is -2.53. The fourth-order valence-corrected chi connectivity index (χ4v) is 2.47. The summed E-state index contributed by atoms with van der Waals surface area (Å²) in [5.41, 5.74) is 5.37. The van der Waals surface area contributed by atoms with Gasteiger partial charge in [0.25, 0.3) is 11.6 Å². The van der Waals surface area contributed by atoms with Crippen molar-refractivity contribution in [3.8, 4) is 0 Å². The summed E-state index contributed by atoms with van der Waals surface area (Å²) < 4.78 is 0. The lowest BCUT2D eigenvalue weighted by Gasteiger charge is -2.24. The van der Waals surface area contributed by atoms with E-state index in [-0.39, 0.29) is 36.2 Å². The zero-order chi connectivity index (χ0) is 16.4. The average Bonchev–Trinajstić information content (AvgIpc) is 2.76. The summed E-state index contributed by atoms with van der Waals surface area (Å²) in [4.78, 5) is 45.9. The zero-order valence-electron chi connectivity index (χ0n) is 11.4. The van der Waals surface area contributed by atoms with E-state index < -0.39 is 28.7 Å². The van der Waals surface area contributed by atoms with Gasteiger partial charge in [-0.1, -0.05) is 6.07 Å². The van der Waals surface area contributed by atoms with E-state index in [1.54, 1.807) is 0 Å². The number of fused-ring (bicyclic) bond motifs is 1. The number of nitro groups is 1. The number of carboxylic acid groups (broad SMARTS) is 1. The Morgan fingerprint density at radius 3 is 2.68 bits per heavy atom. The van der Waals surface area contributed by atoms with E-state index in [1.807, 2.05) is 0 Å². The number of hydrogen-bond acceptors (Lipinski definition) is 5. The van der Waals surface area contributed by atoms with Crippen LogP contribution in [0, 0.1) is 10.1 Å². The number of hydrogen-bond donors (Lipinski definition) is 2. The van der Waals surface area contributed by atoms with Crippen molar-refractivity contribution >= 4 is 23.5 Å². The van der Waals surface area contributed by atoms with E-state index in [0.29, 0.717) is 0 Å². The van der Waals surface area contributed by atoms with Gasteiger partial charge in [-0.2, -0.15) is 0 Å². The quantitative estimate of drug-likeness (QED) is 0.570. The molecule has 0 aliphatic carbocycles. The fraction of sp³-hybridized carbons (Fsp3) is 0.308. The van der Waals surface area contributed by atoms with Crippen molar-refractivity contribution < 1.29 is 24.4 Å². The van der Waals surface area contributed by atoms with E-state index >= 15 is 0 Å². The number of nitro benzene ring substituents is 1. The maximum atomic E-state index is 12.3. The molecule has 0 fully saturated rings. The van der Waals surface area contributed by atoms with Crippen LogP contribution in [-0.4, -0.2) is 38.8 Å². The maximum absolute atomic E-state index is 12.3. The highest BCUT2D eigenvalue weighted by atomic mass is 16.6. The van der Waals surface area contributed by atoms with Crippen LogP contribution < -0.4 is 5.73 Å². The molecule has 1 aromatic rings. The van der Waals surface area contributed by atoms with Gasteiger partial charge in [0.05, 0.1) is 22.6 Å². The predicted molar refractivity (Wildman–Crippen MR) is 72.8 cm³/mol. The molecule has 1 heterocycles. The Morgan fingerprint density at radius 1 is 1.45 bits per heavy atom. The molecule has 0 radical (unpaired) electrons. The van der Waals surface area contributed by atoms with E-state index in [4.69, 9.17) is 10.8 Å². The normalized spacial score (nSPS) is 14.5. The monoisotopic (exact) mass is 307 g/mol. The van der Waals surface area contributed by atoms with Gasteiger partial charge in [-0.05, 0) is 12.5 Å². The molecule has 9 nitrogen and oxygen atoms in total. The first-order chi connectivity index (χ1) is 10.3. The highest BCUT2D eigenvalue weighted by Gasteiger charge is 2.38. The fourth-order valence-electron chi connectivity index (χ4n) is 2.47. The standard InChI is InChI=1S/C13H13N3O6/c14-12(19)10(4-5-11(17)18)15-6-8-7(13(15)20)2-1-3-9(8)16(21)22/h1-3,10H,4-6H2,(H2,14,19)(H,17,18)/t10-/m1/s1. The molecule has 3 N–H and O–H groups in total. The Balaban J connectivity index is 2.33. The van der Waals surface area contributed by atoms with Gasteiger partial charge >= 0.3 is 5.97 Å². The molecule has 1 aliphatic rings. The zero-order valence-corrected chi connectivity index (χ0v) is 11.4. The van der Waals surface area contributed by atoms with Crippen LogP contribution in [-0.2, 0) is 16.1 Å². The van der Waals surface area contributed by atoms with Gasteiger partial charge in [-0.25, -0.2) is 0 Å². The lowest BCUT2D eigenvalue weighted by molar-refractivity contribution is -0.385. The molecule has 9 heteroatoms. The summed E-state index contributed by atoms with van der Waals surface area (Å²) in [6.45, 7) is -0.140. The van der Waals surface area contributed by atoms with Gasteiger partial charge in [-0.3, -0.25) is 24.5 Å². The van der Waals surface area contributed by atoms with E-state index in [2.05, 4.69) is 0 Å². The van der Waals surface area contributed by atoms with E-state index in [1.165, 1.54) is 18.2 Å². The van der Waals surface area contributed by atoms with Crippen molar-refractivity contribution in [2.75, 3.05) is 0 Å². The highest BCUT2D eigenvalue weighted by Crippen LogP contribution is 2.32. The Morgan fingerprint density at radius 2 is 2.14 bits per heavy atom. The maximum Gasteiger partial charge on any atom is 0.303 e. The van der Waals surface area contributed by atoms with Gasteiger partial charge in [0.15, 0.2) is 0 Å². The Labute approximate surface area is 124 Å². The minimum absolute atomic E-state index is 0.135. The van der Waals surface area contributed by atoms with Crippen molar-refractivity contribution in [2.45, 2.75) is 25.4 Å². The van der Waals surface area contributed by atoms with Crippen LogP contribution in [0.25, 0.3) is 0 Å². The number of benzene rings is 1. The molecule has 0 bridgehead atoms. The molecule has 2 amide bonds. The van der Waals surface area contributed by atoms with Gasteiger partial charge in [0, 0.05) is 12.5 Å². The van der Waals surface area contributed by atoms with E-state index in [9.17, 15) is 24.5 Å². The minimum Gasteiger partial charge on any atom is -0.481 e. The first kappa shape index (κ1) is 15.4. The highest BCUT2D eigenvalue weighted by molar-refractivity contribution is 6.02. The van der Waals surface area contributed by atoms with Crippen LogP contribution in [0.1, 0.15) is 28.8 Å². The summed E-state index contributed by atoms with van der Waals surface area (Å²) in [5, 5.41) is 19.7. The van der Waals surface area contributed by atoms with Gasteiger partial charge in [0.1, 0.15) is 6.04 Å². The van der Waals surface area contributed by atoms with Gasteiger partial charge in [-0.15, -0.1) is 0 Å². The van der Waals surface area contributed by atoms with E-state index in [0.717, 1.165) is 4.90 Å². The third-order valence-electron chi connectivity index (χ3n) is 3.50. The molecule has 0 spiro atoms. The Kier molecular flexibility index (Phi) is 4.06. The van der Waals surface area contributed by atoms with Crippen LogP contribution in [0.3, 0.4) is 0 Å². The number of aliphatic carboxylic acids is 1. The smallest absolute Gasteiger partial charge is 0.303 e. The second kappa shape index (κ2) is 5.80. The number of carboxylic acids is 1. The van der Waals surface area contributed by atoms with Crippen molar-refractivity contribution in [3.05, 3.63) is 39.4 Å². The number of carbonyl (C=O) groups excluding carboxylic acids is 2. The topological polar surface area (TPSA) is 144 Å². The van der Waals surface area contributed by atoms with Gasteiger partial charge in [0.2, 0.25) is 5.91 Å². The van der Waals surface area contributed by atoms with Crippen molar-refractivity contribution in [1.82, 2.24) is 4.90 Å². The number of nitrogens with two attached hydrogens (primary N) is 1. The average molecular weight is 307 g/mol. The third kappa shape index (κ3) is 2.73. The number of rotatable bonds is 6. The lowest BCUT2D eigenvalue weighted by atomic mass is 10.1. The SMILES string of the molecule is NC(=O)[C@@H](CCC(=O)O)N1Cc2c(cccc2[N+](=O)[O-])C1=O. The second-order valence-corrected chi connectivity index (χ2v) is 4.84. The second-order valence-electron chi connectivity index (χ2n) is 4.84. The summed E-state index contributed by atoms with van der Waals surface area (Å²) >= 11 is 0. The Hall–Kier alpha value is -2.97. The molecule has 116 valence electrons. The summed E-state index contributed by atoms with van der Waals surface area (Å²) in [6, 6.07) is 2.97. The Bertz CT molecular complexity index is 672. The number of amides is 2. The minimum atomic E-state index is -1.12. The van der Waals surface area contributed by atoms with Crippen molar-refractivity contribution in [1.29, 1.82) is 0 Å². The molecule has 0 saturated carbocycles. The van der Waals surface area contributed by atoms with Crippen LogP contribution in [0.15, 0.2) is 18.2 Å². The molecule has 1 atom stereocenters. The largest absolute Gasteiger partial charge is 0.481 e. The van der Waals surface area contributed by atoms with Crippen LogP contribution in [0.2, 0.25) is 0 Å². The molecule has 1 aliphatic heterocycles. The molecule has 0 unspecified atom stereocenters. The molecule has 0 saturated heterocycles. The third-order valence-corrected chi connectivity index (χ3v) is 3.50. The van der Waals surface area contributed by atoms with Crippen molar-refractivity contribution in [3.63, 3.8) is 0 Å². The summed E-state index contributed by atoms with van der Waals surface area (Å²) in [7, 11) is 0.